The zero-order valence-electron chi connectivity index (χ0n) is 18.5. The highest BCUT2D eigenvalue weighted by molar-refractivity contribution is 7.81. The zero-order chi connectivity index (χ0) is 27.0. The predicted octanol–water partition coefficient (Wildman–Crippen LogP) is -2.52. The minimum Gasteiger partial charge on any atom is -0.394 e. The second-order valence-corrected chi connectivity index (χ2v) is 11.6. The summed E-state index contributed by atoms with van der Waals surface area (Å²) < 4.78 is 49.2. The van der Waals surface area contributed by atoms with Gasteiger partial charge in [-0.3, -0.25) is 23.4 Å². The molecular weight excluding hydrogens is 554 g/mol. The molecule has 2 aliphatic rings. The molecule has 2 aliphatic heterocycles. The van der Waals surface area contributed by atoms with E-state index in [4.69, 9.17) is 9.47 Å². The molecule has 0 saturated carbocycles. The van der Waals surface area contributed by atoms with Gasteiger partial charge >= 0.3 is 21.3 Å². The van der Waals surface area contributed by atoms with Crippen molar-refractivity contribution in [1.82, 2.24) is 9.55 Å². The van der Waals surface area contributed by atoms with E-state index in [1.54, 1.807) is 0 Å². The van der Waals surface area contributed by atoms with Gasteiger partial charge in [-0.25, -0.2) is 13.9 Å². The van der Waals surface area contributed by atoms with E-state index in [1.807, 2.05) is 0 Å². The number of rotatable bonds is 9. The van der Waals surface area contributed by atoms with E-state index in [1.165, 1.54) is 13.1 Å². The number of ether oxygens (including phenoxy) is 2. The molecule has 2 saturated heterocycles. The van der Waals surface area contributed by atoms with Crippen molar-refractivity contribution in [2.45, 2.75) is 61.6 Å². The van der Waals surface area contributed by atoms with Gasteiger partial charge in [0, 0.05) is 18.2 Å². The van der Waals surface area contributed by atoms with Gasteiger partial charge in [-0.2, -0.15) is 16.9 Å². The molecule has 20 heteroatoms. The van der Waals surface area contributed by atoms with Gasteiger partial charge in [0.05, 0.1) is 36.8 Å². The molecule has 10 unspecified atom stereocenters. The summed E-state index contributed by atoms with van der Waals surface area (Å²) in [6, 6.07) is 0. The summed E-state index contributed by atoms with van der Waals surface area (Å²) in [5.41, 5.74) is -1.24. The van der Waals surface area contributed by atoms with Crippen molar-refractivity contribution >= 4 is 28.3 Å². The summed E-state index contributed by atoms with van der Waals surface area (Å²) in [5.74, 6) is 0. The summed E-state index contributed by atoms with van der Waals surface area (Å²) in [5, 5.41) is 38.2. The highest BCUT2D eigenvalue weighted by atomic mass is 32.1. The van der Waals surface area contributed by atoms with Gasteiger partial charge in [-0.1, -0.05) is 0 Å². The maximum absolute atomic E-state index is 12.2. The van der Waals surface area contributed by atoms with Crippen molar-refractivity contribution in [2.75, 3.05) is 13.2 Å². The third-order valence-corrected chi connectivity index (χ3v) is 8.59. The standard InChI is InChI=1S/C16H26N2O15P2S/c1-6-3-18(16(24)17-14(6)23)10-2-7(20)9(30-10)5-29-34(25,26)33-35(27,28)32-15-12(22)11(21)13(36)8(4-19)31-15/h3,7-13,15,19-22,36H,2,4-5H2,1H3,(H,25,26)(H,27,28)(H,17,23,24). The number of aryl methyl sites for hydroxylation is 1. The lowest BCUT2D eigenvalue weighted by molar-refractivity contribution is -0.241. The molecule has 1 aromatic heterocycles. The molecule has 36 heavy (non-hydrogen) atoms. The number of aromatic nitrogens is 2. The minimum absolute atomic E-state index is 0.158. The number of nitrogens with zero attached hydrogens (tertiary/aromatic N) is 1. The summed E-state index contributed by atoms with van der Waals surface area (Å²) in [4.78, 5) is 45.3. The van der Waals surface area contributed by atoms with Gasteiger partial charge in [0.2, 0.25) is 0 Å². The fraction of sp³-hybridized carbons (Fsp3) is 0.750. The smallest absolute Gasteiger partial charge is 0.394 e. The molecule has 206 valence electrons. The Balaban J connectivity index is 1.59. The molecule has 0 amide bonds. The van der Waals surface area contributed by atoms with E-state index in [2.05, 4.69) is 31.0 Å². The normalized spacial score (nSPS) is 36.3. The average molecular weight is 580 g/mol. The minimum atomic E-state index is -5.48. The fourth-order valence-corrected chi connectivity index (χ4v) is 5.96. The molecule has 0 bridgehead atoms. The van der Waals surface area contributed by atoms with Crippen molar-refractivity contribution in [2.24, 2.45) is 0 Å². The first-order valence-corrected chi connectivity index (χ1v) is 13.8. The van der Waals surface area contributed by atoms with Crippen LogP contribution in [0.3, 0.4) is 0 Å². The number of nitrogens with one attached hydrogen (secondary N) is 1. The first kappa shape index (κ1) is 29.6. The number of aromatic amines is 1. The van der Waals surface area contributed by atoms with Crippen LogP contribution in [0.15, 0.2) is 15.8 Å². The van der Waals surface area contributed by atoms with Gasteiger partial charge in [0.15, 0.2) is 6.29 Å². The van der Waals surface area contributed by atoms with Gasteiger partial charge in [-0.15, -0.1) is 0 Å². The summed E-state index contributed by atoms with van der Waals surface area (Å²) in [6.07, 6.45) is -9.46. The van der Waals surface area contributed by atoms with Crippen molar-refractivity contribution in [1.29, 1.82) is 0 Å². The second kappa shape index (κ2) is 11.4. The number of thiol groups is 1. The van der Waals surface area contributed by atoms with Crippen LogP contribution in [0, 0.1) is 6.92 Å². The molecule has 0 spiro atoms. The van der Waals surface area contributed by atoms with Gasteiger partial charge in [0.1, 0.15) is 18.4 Å². The monoisotopic (exact) mass is 580 g/mol. The van der Waals surface area contributed by atoms with Crippen molar-refractivity contribution in [3.8, 4) is 0 Å². The molecule has 3 heterocycles. The predicted molar refractivity (Wildman–Crippen MR) is 119 cm³/mol. The van der Waals surface area contributed by atoms with Crippen LogP contribution in [0.2, 0.25) is 0 Å². The Morgan fingerprint density at radius 3 is 2.44 bits per heavy atom. The summed E-state index contributed by atoms with van der Waals surface area (Å²) in [6.45, 7) is -0.0999. The van der Waals surface area contributed by atoms with E-state index in [0.717, 1.165) is 4.57 Å². The van der Waals surface area contributed by atoms with Gasteiger partial charge in [-0.05, 0) is 6.92 Å². The quantitative estimate of drug-likeness (QED) is 0.111. The van der Waals surface area contributed by atoms with E-state index in [-0.39, 0.29) is 12.0 Å². The molecule has 10 atom stereocenters. The number of aliphatic hydroxyl groups is 4. The van der Waals surface area contributed by atoms with Crippen LogP contribution in [0.4, 0.5) is 0 Å². The molecule has 1 aromatic rings. The largest absolute Gasteiger partial charge is 0.483 e. The average Bonchev–Trinajstić information content (AvgIpc) is 3.14. The number of H-pyrrole nitrogens is 1. The van der Waals surface area contributed by atoms with Crippen molar-refractivity contribution in [3.63, 3.8) is 0 Å². The van der Waals surface area contributed by atoms with E-state index >= 15 is 0 Å². The SMILES string of the molecule is Cc1cn(C2CC(O)C(COP(=O)(O)OP(=O)(O)OC3OC(CO)C(S)C(O)C3O)O2)c(=O)[nH]c1=O. The zero-order valence-corrected chi connectivity index (χ0v) is 21.1. The van der Waals surface area contributed by atoms with Crippen LogP contribution in [0.1, 0.15) is 18.2 Å². The van der Waals surface area contributed by atoms with Gasteiger partial charge in [0.25, 0.3) is 5.56 Å². The van der Waals surface area contributed by atoms with Crippen LogP contribution < -0.4 is 11.2 Å². The third-order valence-electron chi connectivity index (χ3n) is 5.35. The number of phosphoric ester groups is 2. The number of aliphatic hydroxyl groups excluding tert-OH is 4. The van der Waals surface area contributed by atoms with E-state index in [0.29, 0.717) is 0 Å². The molecule has 7 N–H and O–H groups in total. The van der Waals surface area contributed by atoms with Crippen LogP contribution in [-0.4, -0.2) is 95.0 Å². The number of phosphoric acid groups is 2. The molecule has 0 aromatic carbocycles. The second-order valence-electron chi connectivity index (χ2n) is 8.03. The third kappa shape index (κ3) is 6.92. The topological polar surface area (TPSA) is 257 Å². The molecule has 0 radical (unpaired) electrons. The Labute approximate surface area is 207 Å². The highest BCUT2D eigenvalue weighted by Crippen LogP contribution is 2.61. The van der Waals surface area contributed by atoms with Crippen molar-refractivity contribution in [3.05, 3.63) is 32.6 Å². The first-order chi connectivity index (χ1) is 16.6. The number of hydrogen-bond donors (Lipinski definition) is 8. The lowest BCUT2D eigenvalue weighted by Gasteiger charge is -2.40. The Morgan fingerprint density at radius 2 is 1.81 bits per heavy atom. The Kier molecular flexibility index (Phi) is 9.40. The van der Waals surface area contributed by atoms with Crippen LogP contribution in [-0.2, 0) is 32.0 Å². The van der Waals surface area contributed by atoms with Crippen LogP contribution >= 0.6 is 28.3 Å². The Morgan fingerprint density at radius 1 is 1.14 bits per heavy atom. The molecular formula is C16H26N2O15P2S. The molecule has 2 fully saturated rings. The number of hydrogen-bond acceptors (Lipinski definition) is 14. The fourth-order valence-electron chi connectivity index (χ4n) is 3.46. The van der Waals surface area contributed by atoms with Crippen LogP contribution in [0.25, 0.3) is 0 Å². The highest BCUT2D eigenvalue weighted by Gasteiger charge is 2.48. The Hall–Kier alpha value is -0.950. The molecule has 0 aliphatic carbocycles. The van der Waals surface area contributed by atoms with Crippen LogP contribution in [0.5, 0.6) is 0 Å². The molecule has 3 rings (SSSR count). The van der Waals surface area contributed by atoms with Gasteiger partial charge < -0.3 is 39.7 Å². The van der Waals surface area contributed by atoms with E-state index in [9.17, 15) is 48.9 Å². The summed E-state index contributed by atoms with van der Waals surface area (Å²) in [7, 11) is -10.8. The van der Waals surface area contributed by atoms with Crippen molar-refractivity contribution < 1.29 is 62.2 Å². The van der Waals surface area contributed by atoms with E-state index < -0.39 is 88.4 Å². The lowest BCUT2D eigenvalue weighted by atomic mass is 10.0. The molecule has 17 nitrogen and oxygen atoms in total. The summed E-state index contributed by atoms with van der Waals surface area (Å²) >= 11 is 3.95. The maximum Gasteiger partial charge on any atom is 0.483 e. The first-order valence-electron chi connectivity index (χ1n) is 10.3. The maximum atomic E-state index is 12.2. The lowest BCUT2D eigenvalue weighted by Crippen LogP contribution is -2.57. The Bertz CT molecular complexity index is 1140.